The van der Waals surface area contributed by atoms with Crippen LogP contribution >= 0.6 is 11.6 Å². The monoisotopic (exact) mass is 332 g/mol. The SMILES string of the molecule is COC.COc1cc(C=O)cc(C#Cc2cnc(C)nc2)c1Cl. The van der Waals surface area contributed by atoms with E-state index in [4.69, 9.17) is 16.3 Å². The molecule has 1 aromatic heterocycles. The molecule has 23 heavy (non-hydrogen) atoms. The van der Waals surface area contributed by atoms with E-state index in [1.807, 2.05) is 0 Å². The lowest BCUT2D eigenvalue weighted by Gasteiger charge is -2.05. The topological polar surface area (TPSA) is 61.3 Å². The molecule has 0 N–H and O–H groups in total. The summed E-state index contributed by atoms with van der Waals surface area (Å²) >= 11 is 6.15. The average molecular weight is 333 g/mol. The van der Waals surface area contributed by atoms with Crippen LogP contribution < -0.4 is 4.74 Å². The summed E-state index contributed by atoms with van der Waals surface area (Å²) in [6.45, 7) is 1.80. The summed E-state index contributed by atoms with van der Waals surface area (Å²) in [4.78, 5) is 19.0. The Balaban J connectivity index is 0.000000816. The maximum Gasteiger partial charge on any atom is 0.150 e. The number of methoxy groups -OCH3 is 2. The minimum Gasteiger partial charge on any atom is -0.495 e. The van der Waals surface area contributed by atoms with Gasteiger partial charge < -0.3 is 9.47 Å². The lowest BCUT2D eigenvalue weighted by atomic mass is 10.1. The van der Waals surface area contributed by atoms with Gasteiger partial charge in [-0.15, -0.1) is 0 Å². The Bertz CT molecular complexity index is 719. The van der Waals surface area contributed by atoms with Crippen molar-refractivity contribution in [1.82, 2.24) is 9.97 Å². The first-order valence-electron chi connectivity index (χ1n) is 6.59. The summed E-state index contributed by atoms with van der Waals surface area (Å²) in [5.41, 5.74) is 1.64. The number of carbonyl (C=O) groups excluding carboxylic acids is 1. The van der Waals surface area contributed by atoms with Crippen LogP contribution in [0.1, 0.15) is 27.3 Å². The zero-order chi connectivity index (χ0) is 17.2. The van der Waals surface area contributed by atoms with Crippen LogP contribution in [0.4, 0.5) is 0 Å². The van der Waals surface area contributed by atoms with Crippen molar-refractivity contribution < 1.29 is 14.3 Å². The third kappa shape index (κ3) is 5.70. The molecule has 0 bridgehead atoms. The minimum atomic E-state index is 0.374. The van der Waals surface area contributed by atoms with Gasteiger partial charge in [-0.1, -0.05) is 23.4 Å². The van der Waals surface area contributed by atoms with Gasteiger partial charge in [-0.2, -0.15) is 0 Å². The van der Waals surface area contributed by atoms with Gasteiger partial charge >= 0.3 is 0 Å². The number of halogens is 1. The summed E-state index contributed by atoms with van der Waals surface area (Å²) in [6, 6.07) is 3.18. The molecule has 0 aliphatic carbocycles. The number of rotatable bonds is 2. The molecular formula is C17H17ClN2O3. The molecule has 0 aliphatic heterocycles. The maximum absolute atomic E-state index is 10.9. The van der Waals surface area contributed by atoms with E-state index < -0.39 is 0 Å². The zero-order valence-electron chi connectivity index (χ0n) is 13.4. The average Bonchev–Trinajstić information content (AvgIpc) is 2.56. The Kier molecular flexibility index (Phi) is 7.75. The maximum atomic E-state index is 10.9. The van der Waals surface area contributed by atoms with Gasteiger partial charge in [0.2, 0.25) is 0 Å². The van der Waals surface area contributed by atoms with Crippen molar-refractivity contribution in [2.75, 3.05) is 21.3 Å². The summed E-state index contributed by atoms with van der Waals surface area (Å²) in [5, 5.41) is 0.374. The van der Waals surface area contributed by atoms with Crippen LogP contribution in [0.2, 0.25) is 5.02 Å². The molecule has 2 aromatic rings. The molecule has 0 radical (unpaired) electrons. The largest absolute Gasteiger partial charge is 0.495 e. The Morgan fingerprint density at radius 1 is 1.13 bits per heavy atom. The second-order valence-electron chi connectivity index (χ2n) is 4.38. The van der Waals surface area contributed by atoms with Crippen LogP contribution in [-0.2, 0) is 4.74 Å². The van der Waals surface area contributed by atoms with E-state index in [1.165, 1.54) is 7.11 Å². The Hall–Kier alpha value is -2.42. The number of aldehydes is 1. The molecule has 1 aromatic carbocycles. The third-order valence-electron chi connectivity index (χ3n) is 2.54. The molecule has 0 spiro atoms. The van der Waals surface area contributed by atoms with Crippen molar-refractivity contribution in [3.8, 4) is 17.6 Å². The molecule has 0 saturated carbocycles. The van der Waals surface area contributed by atoms with Gasteiger partial charge in [-0.25, -0.2) is 9.97 Å². The highest BCUT2D eigenvalue weighted by molar-refractivity contribution is 6.33. The molecule has 0 amide bonds. The van der Waals surface area contributed by atoms with Gasteiger partial charge in [0.05, 0.1) is 17.7 Å². The Labute approximate surface area is 140 Å². The summed E-state index contributed by atoms with van der Waals surface area (Å²) < 4.78 is 9.36. The van der Waals surface area contributed by atoms with Gasteiger partial charge in [0.25, 0.3) is 0 Å². The van der Waals surface area contributed by atoms with Crippen molar-refractivity contribution in [2.45, 2.75) is 6.92 Å². The van der Waals surface area contributed by atoms with Crippen molar-refractivity contribution in [3.05, 3.63) is 52.1 Å². The second-order valence-corrected chi connectivity index (χ2v) is 4.76. The minimum absolute atomic E-state index is 0.374. The van der Waals surface area contributed by atoms with E-state index in [0.717, 1.165) is 6.29 Å². The molecule has 0 fully saturated rings. The highest BCUT2D eigenvalue weighted by Gasteiger charge is 2.07. The standard InChI is InChI=1S/C15H11ClN2O2.C2H6O/c1-10-17-7-11(8-18-10)3-4-13-5-12(9-19)6-14(20-2)15(13)16;1-3-2/h5-9H,1-2H3;1-2H3. The molecule has 120 valence electrons. The van der Waals surface area contributed by atoms with E-state index >= 15 is 0 Å². The fourth-order valence-electron chi connectivity index (χ4n) is 1.52. The Morgan fingerprint density at radius 3 is 2.26 bits per heavy atom. The van der Waals surface area contributed by atoms with E-state index in [0.29, 0.717) is 33.3 Å². The number of nitrogens with zero attached hydrogens (tertiary/aromatic N) is 2. The Morgan fingerprint density at radius 2 is 1.74 bits per heavy atom. The molecule has 6 heteroatoms. The number of ether oxygens (including phenoxy) is 2. The number of benzene rings is 1. The molecular weight excluding hydrogens is 316 g/mol. The zero-order valence-corrected chi connectivity index (χ0v) is 14.1. The number of hydrogen-bond donors (Lipinski definition) is 0. The molecule has 0 atom stereocenters. The normalized spacial score (nSPS) is 9.09. The first-order valence-corrected chi connectivity index (χ1v) is 6.97. The van der Waals surface area contributed by atoms with Crippen molar-refractivity contribution >= 4 is 17.9 Å². The molecule has 2 rings (SSSR count). The molecule has 0 aliphatic rings. The van der Waals surface area contributed by atoms with E-state index in [-0.39, 0.29) is 0 Å². The number of hydrogen-bond acceptors (Lipinski definition) is 5. The number of carbonyl (C=O) groups is 1. The smallest absolute Gasteiger partial charge is 0.150 e. The summed E-state index contributed by atoms with van der Waals surface area (Å²) in [5.74, 6) is 6.89. The first kappa shape index (κ1) is 18.6. The van der Waals surface area contributed by atoms with Crippen LogP contribution in [-0.4, -0.2) is 37.6 Å². The predicted molar refractivity (Wildman–Crippen MR) is 89.1 cm³/mol. The highest BCUT2D eigenvalue weighted by Crippen LogP contribution is 2.28. The fraction of sp³-hybridized carbons (Fsp3) is 0.235. The van der Waals surface area contributed by atoms with Crippen LogP contribution in [0.3, 0.4) is 0 Å². The molecule has 5 nitrogen and oxygen atoms in total. The number of aromatic nitrogens is 2. The van der Waals surface area contributed by atoms with Crippen molar-refractivity contribution in [3.63, 3.8) is 0 Å². The number of aryl methyl sites for hydroxylation is 1. The van der Waals surface area contributed by atoms with Gasteiger partial charge in [-0.3, -0.25) is 4.79 Å². The fourth-order valence-corrected chi connectivity index (χ4v) is 1.76. The third-order valence-corrected chi connectivity index (χ3v) is 2.93. The van der Waals surface area contributed by atoms with Gasteiger partial charge in [0.1, 0.15) is 17.9 Å². The lowest BCUT2D eigenvalue weighted by molar-refractivity contribution is 0.112. The van der Waals surface area contributed by atoms with Gasteiger partial charge in [-0.05, 0) is 19.1 Å². The van der Waals surface area contributed by atoms with Crippen LogP contribution in [0.5, 0.6) is 5.75 Å². The molecule has 0 unspecified atom stereocenters. The van der Waals surface area contributed by atoms with Gasteiger partial charge in [0, 0.05) is 37.7 Å². The van der Waals surface area contributed by atoms with E-state index in [1.54, 1.807) is 45.7 Å². The predicted octanol–water partition coefficient (Wildman–Crippen LogP) is 2.92. The molecule has 0 saturated heterocycles. The van der Waals surface area contributed by atoms with E-state index in [9.17, 15) is 4.79 Å². The van der Waals surface area contributed by atoms with Crippen molar-refractivity contribution in [2.24, 2.45) is 0 Å². The lowest BCUT2D eigenvalue weighted by Crippen LogP contribution is -1.91. The summed E-state index contributed by atoms with van der Waals surface area (Å²) in [6.07, 6.45) is 3.98. The van der Waals surface area contributed by atoms with Crippen LogP contribution in [0, 0.1) is 18.8 Å². The second kappa shape index (κ2) is 9.57. The van der Waals surface area contributed by atoms with Crippen LogP contribution in [0.25, 0.3) is 0 Å². The summed E-state index contributed by atoms with van der Waals surface area (Å²) in [7, 11) is 4.74. The highest BCUT2D eigenvalue weighted by atomic mass is 35.5. The quantitative estimate of drug-likeness (QED) is 0.625. The molecule has 1 heterocycles. The van der Waals surface area contributed by atoms with Gasteiger partial charge in [0.15, 0.2) is 0 Å². The van der Waals surface area contributed by atoms with Crippen molar-refractivity contribution in [1.29, 1.82) is 0 Å². The first-order chi connectivity index (χ1) is 11.0. The van der Waals surface area contributed by atoms with Crippen LogP contribution in [0.15, 0.2) is 24.5 Å². The van der Waals surface area contributed by atoms with E-state index in [2.05, 4.69) is 26.5 Å².